The molecular formula is C10H11N5O3S. The maximum Gasteiger partial charge on any atom is 0.277 e. The number of amides is 1. The zero-order valence-electron chi connectivity index (χ0n) is 9.91. The molecule has 8 nitrogen and oxygen atoms in total. The van der Waals surface area contributed by atoms with Crippen molar-refractivity contribution in [3.63, 3.8) is 0 Å². The number of H-pyrrole nitrogens is 1. The number of anilines is 2. The van der Waals surface area contributed by atoms with E-state index in [0.29, 0.717) is 5.69 Å². The fourth-order valence-corrected chi connectivity index (χ4v) is 1.96. The van der Waals surface area contributed by atoms with Crippen LogP contribution in [0.15, 0.2) is 30.5 Å². The third-order valence-electron chi connectivity index (χ3n) is 2.12. The zero-order valence-corrected chi connectivity index (χ0v) is 10.7. The number of rotatable bonds is 4. The van der Waals surface area contributed by atoms with Gasteiger partial charge in [-0.25, -0.2) is 8.42 Å². The van der Waals surface area contributed by atoms with Crippen LogP contribution >= 0.6 is 0 Å². The van der Waals surface area contributed by atoms with Gasteiger partial charge in [-0.2, -0.15) is 15.4 Å². The Hall–Kier alpha value is -2.42. The summed E-state index contributed by atoms with van der Waals surface area (Å²) in [6.07, 6.45) is 2.30. The van der Waals surface area contributed by atoms with E-state index in [0.717, 1.165) is 6.26 Å². The van der Waals surface area contributed by atoms with Crippen LogP contribution in [0, 0.1) is 0 Å². The molecule has 100 valence electrons. The number of aromatic amines is 1. The Bertz CT molecular complexity index is 681. The van der Waals surface area contributed by atoms with Crippen molar-refractivity contribution in [3.05, 3.63) is 36.2 Å². The van der Waals surface area contributed by atoms with E-state index in [1.54, 1.807) is 24.3 Å². The Morgan fingerprint density at radius 1 is 1.26 bits per heavy atom. The highest BCUT2D eigenvalue weighted by molar-refractivity contribution is 7.92. The number of benzene rings is 1. The molecule has 0 saturated heterocycles. The highest BCUT2D eigenvalue weighted by atomic mass is 32.2. The quantitative estimate of drug-likeness (QED) is 0.751. The monoisotopic (exact) mass is 281 g/mol. The molecule has 0 bridgehead atoms. The molecule has 19 heavy (non-hydrogen) atoms. The van der Waals surface area contributed by atoms with Gasteiger partial charge < -0.3 is 5.32 Å². The number of hydrogen-bond acceptors (Lipinski definition) is 5. The van der Waals surface area contributed by atoms with Gasteiger partial charge in [0.05, 0.1) is 23.8 Å². The van der Waals surface area contributed by atoms with Crippen molar-refractivity contribution < 1.29 is 13.2 Å². The second kappa shape index (κ2) is 5.06. The van der Waals surface area contributed by atoms with Crippen LogP contribution in [-0.2, 0) is 10.0 Å². The third kappa shape index (κ3) is 3.52. The van der Waals surface area contributed by atoms with Gasteiger partial charge in [0.25, 0.3) is 5.91 Å². The molecular weight excluding hydrogens is 270 g/mol. The van der Waals surface area contributed by atoms with Crippen molar-refractivity contribution in [3.8, 4) is 0 Å². The number of sulfonamides is 1. The first-order valence-corrected chi connectivity index (χ1v) is 7.09. The van der Waals surface area contributed by atoms with Crippen molar-refractivity contribution in [2.75, 3.05) is 16.3 Å². The Morgan fingerprint density at radius 2 is 1.95 bits per heavy atom. The first-order chi connectivity index (χ1) is 8.96. The summed E-state index contributed by atoms with van der Waals surface area (Å²) >= 11 is 0. The van der Waals surface area contributed by atoms with Crippen LogP contribution in [0.3, 0.4) is 0 Å². The minimum Gasteiger partial charge on any atom is -0.319 e. The SMILES string of the molecule is CS(=O)(=O)Nc1ccccc1NC(=O)c1cn[nH]n1. The van der Waals surface area contributed by atoms with Gasteiger partial charge in [-0.3, -0.25) is 9.52 Å². The Kier molecular flexibility index (Phi) is 3.47. The van der Waals surface area contributed by atoms with Crippen molar-refractivity contribution in [1.29, 1.82) is 0 Å². The maximum atomic E-state index is 11.8. The standard InChI is InChI=1S/C10H11N5O3S/c1-19(17,18)14-8-5-3-2-4-7(8)12-10(16)9-6-11-15-13-9/h2-6,14H,1H3,(H,12,16)(H,11,13,15). The zero-order chi connectivity index (χ0) is 13.9. The summed E-state index contributed by atoms with van der Waals surface area (Å²) in [5.41, 5.74) is 0.719. The lowest BCUT2D eigenvalue weighted by molar-refractivity contribution is 0.102. The van der Waals surface area contributed by atoms with Gasteiger partial charge >= 0.3 is 0 Å². The number of aromatic nitrogens is 3. The van der Waals surface area contributed by atoms with E-state index in [1.165, 1.54) is 6.20 Å². The van der Waals surface area contributed by atoms with E-state index < -0.39 is 15.9 Å². The van der Waals surface area contributed by atoms with E-state index in [2.05, 4.69) is 25.4 Å². The van der Waals surface area contributed by atoms with E-state index >= 15 is 0 Å². The Morgan fingerprint density at radius 3 is 2.53 bits per heavy atom. The van der Waals surface area contributed by atoms with Crippen molar-refractivity contribution in [1.82, 2.24) is 15.4 Å². The van der Waals surface area contributed by atoms with Gasteiger partial charge in [0.15, 0.2) is 5.69 Å². The Labute approximate surface area is 109 Å². The molecule has 1 heterocycles. The molecule has 2 aromatic rings. The van der Waals surface area contributed by atoms with Gasteiger partial charge in [-0.1, -0.05) is 12.1 Å². The van der Waals surface area contributed by atoms with Crippen molar-refractivity contribution in [2.24, 2.45) is 0 Å². The molecule has 0 saturated carbocycles. The number of nitrogens with one attached hydrogen (secondary N) is 3. The number of carbonyl (C=O) groups excluding carboxylic acids is 1. The first kappa shape index (κ1) is 13.0. The van der Waals surface area contributed by atoms with Gasteiger partial charge in [0.1, 0.15) is 0 Å². The maximum absolute atomic E-state index is 11.8. The van der Waals surface area contributed by atoms with Gasteiger partial charge in [0, 0.05) is 0 Å². The number of carbonyl (C=O) groups is 1. The van der Waals surface area contributed by atoms with Crippen LogP contribution in [0.5, 0.6) is 0 Å². The van der Waals surface area contributed by atoms with E-state index in [9.17, 15) is 13.2 Å². The van der Waals surface area contributed by atoms with Gasteiger partial charge in [0.2, 0.25) is 10.0 Å². The molecule has 0 radical (unpaired) electrons. The average molecular weight is 281 g/mol. The molecule has 0 aliphatic heterocycles. The molecule has 0 fully saturated rings. The van der Waals surface area contributed by atoms with E-state index in [-0.39, 0.29) is 11.4 Å². The molecule has 9 heteroatoms. The summed E-state index contributed by atoms with van der Waals surface area (Å²) in [5, 5.41) is 12.0. The molecule has 2 rings (SSSR count). The molecule has 0 aliphatic rings. The summed E-state index contributed by atoms with van der Waals surface area (Å²) in [5.74, 6) is -0.489. The minimum absolute atomic E-state index is 0.106. The van der Waals surface area contributed by atoms with Gasteiger partial charge in [-0.05, 0) is 12.1 Å². The Balaban J connectivity index is 2.23. The van der Waals surface area contributed by atoms with Crippen LogP contribution in [0.2, 0.25) is 0 Å². The molecule has 0 aliphatic carbocycles. The molecule has 0 spiro atoms. The third-order valence-corrected chi connectivity index (χ3v) is 2.71. The normalized spacial score (nSPS) is 11.0. The lowest BCUT2D eigenvalue weighted by atomic mass is 10.2. The van der Waals surface area contributed by atoms with Crippen LogP contribution < -0.4 is 10.0 Å². The van der Waals surface area contributed by atoms with Crippen LogP contribution in [-0.4, -0.2) is 36.0 Å². The summed E-state index contributed by atoms with van der Waals surface area (Å²) < 4.78 is 24.7. The van der Waals surface area contributed by atoms with E-state index in [4.69, 9.17) is 0 Å². The molecule has 3 N–H and O–H groups in total. The summed E-state index contributed by atoms with van der Waals surface area (Å²) in [7, 11) is -3.42. The highest BCUT2D eigenvalue weighted by Gasteiger charge is 2.12. The fourth-order valence-electron chi connectivity index (χ4n) is 1.38. The second-order valence-corrected chi connectivity index (χ2v) is 5.48. The molecule has 1 aromatic heterocycles. The van der Waals surface area contributed by atoms with Gasteiger partial charge in [-0.15, -0.1) is 0 Å². The van der Waals surface area contributed by atoms with Crippen molar-refractivity contribution >= 4 is 27.3 Å². The van der Waals surface area contributed by atoms with Crippen LogP contribution in [0.4, 0.5) is 11.4 Å². The number of nitrogens with zero attached hydrogens (tertiary/aromatic N) is 2. The fraction of sp³-hybridized carbons (Fsp3) is 0.100. The first-order valence-electron chi connectivity index (χ1n) is 5.19. The summed E-state index contributed by atoms with van der Waals surface area (Å²) in [4.78, 5) is 11.8. The smallest absolute Gasteiger partial charge is 0.277 e. The lowest BCUT2D eigenvalue weighted by Crippen LogP contribution is -2.16. The molecule has 0 atom stereocenters. The molecule has 1 aromatic carbocycles. The predicted octanol–water partition coefficient (Wildman–Crippen LogP) is 0.428. The minimum atomic E-state index is -3.42. The second-order valence-electron chi connectivity index (χ2n) is 3.73. The van der Waals surface area contributed by atoms with Crippen molar-refractivity contribution in [2.45, 2.75) is 0 Å². The summed E-state index contributed by atoms with van der Waals surface area (Å²) in [6.45, 7) is 0. The lowest BCUT2D eigenvalue weighted by Gasteiger charge is -2.10. The van der Waals surface area contributed by atoms with E-state index in [1.807, 2.05) is 0 Å². The number of para-hydroxylation sites is 2. The highest BCUT2D eigenvalue weighted by Crippen LogP contribution is 2.22. The van der Waals surface area contributed by atoms with Crippen LogP contribution in [0.25, 0.3) is 0 Å². The summed E-state index contributed by atoms with van der Waals surface area (Å²) in [6, 6.07) is 6.44. The average Bonchev–Trinajstić information content (AvgIpc) is 2.83. The topological polar surface area (TPSA) is 117 Å². The predicted molar refractivity (Wildman–Crippen MR) is 69.2 cm³/mol. The molecule has 1 amide bonds. The van der Waals surface area contributed by atoms with Crippen LogP contribution in [0.1, 0.15) is 10.5 Å². The molecule has 0 unspecified atom stereocenters. The number of hydrogen-bond donors (Lipinski definition) is 3. The largest absolute Gasteiger partial charge is 0.319 e.